The second-order valence-corrected chi connectivity index (χ2v) is 9.17. The molecule has 4 heterocycles. The molecule has 0 spiro atoms. The minimum absolute atomic E-state index is 0.163. The molecule has 9 nitrogen and oxygen atoms in total. The van der Waals surface area contributed by atoms with Gasteiger partial charge in [-0.25, -0.2) is 4.98 Å². The largest absolute Gasteiger partial charge is 0.379 e. The molecule has 0 N–H and O–H groups in total. The topological polar surface area (TPSA) is 90.7 Å². The third kappa shape index (κ3) is 3.64. The Kier molecular flexibility index (Phi) is 5.40. The van der Waals surface area contributed by atoms with Gasteiger partial charge in [-0.3, -0.25) is 14.1 Å². The van der Waals surface area contributed by atoms with Gasteiger partial charge in [0.1, 0.15) is 17.5 Å². The predicted molar refractivity (Wildman–Crippen MR) is 124 cm³/mol. The van der Waals surface area contributed by atoms with Crippen molar-refractivity contribution in [3.63, 3.8) is 0 Å². The number of para-hydroxylation sites is 1. The number of nitrogens with zero attached hydrogens (tertiary/aromatic N) is 6. The van der Waals surface area contributed by atoms with Crippen molar-refractivity contribution in [1.29, 1.82) is 0 Å². The first-order valence-electron chi connectivity index (χ1n) is 11.5. The molecule has 2 fully saturated rings. The summed E-state index contributed by atoms with van der Waals surface area (Å²) < 4.78 is 14.6. The minimum atomic E-state index is -0.163. The normalized spacial score (nSPS) is 18.1. The lowest BCUT2D eigenvalue weighted by molar-refractivity contribution is 0.0364. The molecule has 0 atom stereocenters. The average Bonchev–Trinajstić information content (AvgIpc) is 3.60. The van der Waals surface area contributed by atoms with Gasteiger partial charge in [-0.2, -0.15) is 4.98 Å². The Balaban J connectivity index is 1.47. The molecule has 3 aromatic heterocycles. The van der Waals surface area contributed by atoms with Gasteiger partial charge in [-0.05, 0) is 25.0 Å². The smallest absolute Gasteiger partial charge is 0.277 e. The van der Waals surface area contributed by atoms with Crippen molar-refractivity contribution in [3.05, 3.63) is 45.8 Å². The maximum atomic E-state index is 13.8. The van der Waals surface area contributed by atoms with Crippen LogP contribution in [0.2, 0.25) is 5.02 Å². The van der Waals surface area contributed by atoms with E-state index >= 15 is 0 Å². The van der Waals surface area contributed by atoms with Gasteiger partial charge in [0.05, 0.1) is 29.3 Å². The van der Waals surface area contributed by atoms with E-state index < -0.39 is 0 Å². The van der Waals surface area contributed by atoms with Crippen molar-refractivity contribution in [1.82, 2.24) is 29.0 Å². The Bertz CT molecular complexity index is 1360. The number of hydrogen-bond donors (Lipinski definition) is 0. The average molecular weight is 469 g/mol. The van der Waals surface area contributed by atoms with E-state index in [9.17, 15) is 4.79 Å². The first kappa shape index (κ1) is 20.8. The number of imidazole rings is 1. The lowest BCUT2D eigenvalue weighted by atomic mass is 10.1. The van der Waals surface area contributed by atoms with Crippen LogP contribution in [0.15, 0.2) is 33.8 Å². The van der Waals surface area contributed by atoms with Gasteiger partial charge in [-0.15, -0.1) is 0 Å². The van der Waals surface area contributed by atoms with Crippen LogP contribution in [0.5, 0.6) is 0 Å². The highest BCUT2D eigenvalue weighted by Gasteiger charge is 2.26. The Hall–Kier alpha value is -2.75. The zero-order valence-corrected chi connectivity index (χ0v) is 19.0. The molecule has 4 aromatic rings. The van der Waals surface area contributed by atoms with E-state index in [4.69, 9.17) is 20.9 Å². The van der Waals surface area contributed by atoms with Gasteiger partial charge >= 0.3 is 0 Å². The number of rotatable bonds is 5. The number of aromatic nitrogens is 5. The fourth-order valence-corrected chi connectivity index (χ4v) is 5.32. The zero-order chi connectivity index (χ0) is 22.4. The Morgan fingerprint density at radius 1 is 1.09 bits per heavy atom. The molecular weight excluding hydrogens is 444 g/mol. The number of morpholine rings is 1. The highest BCUT2D eigenvalue weighted by Crippen LogP contribution is 2.34. The monoisotopic (exact) mass is 468 g/mol. The minimum Gasteiger partial charge on any atom is -0.379 e. The fraction of sp³-hybridized carbons (Fsp3) is 0.478. The number of halogens is 1. The van der Waals surface area contributed by atoms with Crippen molar-refractivity contribution >= 4 is 28.2 Å². The quantitative estimate of drug-likeness (QED) is 0.443. The van der Waals surface area contributed by atoms with Crippen molar-refractivity contribution in [2.45, 2.75) is 38.1 Å². The van der Waals surface area contributed by atoms with E-state index in [1.54, 1.807) is 15.3 Å². The van der Waals surface area contributed by atoms with E-state index in [-0.39, 0.29) is 5.56 Å². The molecule has 33 heavy (non-hydrogen) atoms. The van der Waals surface area contributed by atoms with E-state index in [0.29, 0.717) is 59.1 Å². The zero-order valence-electron chi connectivity index (χ0n) is 18.2. The van der Waals surface area contributed by atoms with E-state index in [1.807, 2.05) is 18.2 Å². The van der Waals surface area contributed by atoms with E-state index in [1.165, 1.54) is 12.8 Å². The van der Waals surface area contributed by atoms with Crippen LogP contribution in [0, 0.1) is 0 Å². The van der Waals surface area contributed by atoms with Crippen LogP contribution in [0.1, 0.15) is 37.5 Å². The molecule has 0 radical (unpaired) electrons. The molecule has 1 saturated carbocycles. The highest BCUT2D eigenvalue weighted by molar-refractivity contribution is 6.35. The lowest BCUT2D eigenvalue weighted by Crippen LogP contribution is -2.39. The summed E-state index contributed by atoms with van der Waals surface area (Å²) in [5.74, 6) is 1.29. The van der Waals surface area contributed by atoms with Gasteiger partial charge in [-0.1, -0.05) is 35.7 Å². The molecule has 10 heteroatoms. The molecule has 1 aliphatic carbocycles. The molecule has 172 valence electrons. The molecule has 2 aliphatic rings. The van der Waals surface area contributed by atoms with Gasteiger partial charge in [0, 0.05) is 32.1 Å². The first-order valence-corrected chi connectivity index (χ1v) is 11.9. The predicted octanol–water partition coefficient (Wildman–Crippen LogP) is 3.34. The SMILES string of the molecule is O=c1c2c(-c3noc(C4CCCC4)n3)ncn2c2cccc(Cl)c2n1CCN1CCOCC1. The van der Waals surface area contributed by atoms with Crippen molar-refractivity contribution < 1.29 is 9.26 Å². The summed E-state index contributed by atoms with van der Waals surface area (Å²) >= 11 is 6.59. The third-order valence-corrected chi connectivity index (χ3v) is 7.12. The van der Waals surface area contributed by atoms with Crippen molar-refractivity contribution in [2.75, 3.05) is 32.8 Å². The molecule has 6 rings (SSSR count). The van der Waals surface area contributed by atoms with Crippen LogP contribution < -0.4 is 5.56 Å². The number of benzene rings is 1. The summed E-state index contributed by atoms with van der Waals surface area (Å²) in [6.45, 7) is 4.38. The summed E-state index contributed by atoms with van der Waals surface area (Å²) in [4.78, 5) is 25.3. The van der Waals surface area contributed by atoms with Crippen molar-refractivity contribution in [2.24, 2.45) is 0 Å². The second-order valence-electron chi connectivity index (χ2n) is 8.77. The molecule has 0 bridgehead atoms. The maximum absolute atomic E-state index is 13.8. The van der Waals surface area contributed by atoms with Crippen LogP contribution in [0.4, 0.5) is 0 Å². The first-order chi connectivity index (χ1) is 16.2. The molecule has 0 amide bonds. The summed E-state index contributed by atoms with van der Waals surface area (Å²) in [7, 11) is 0. The maximum Gasteiger partial charge on any atom is 0.277 e. The molecule has 1 saturated heterocycles. The van der Waals surface area contributed by atoms with Crippen LogP contribution in [-0.4, -0.2) is 61.8 Å². The molecule has 0 unspecified atom stereocenters. The van der Waals surface area contributed by atoms with Crippen LogP contribution in [0.25, 0.3) is 28.1 Å². The molecule has 1 aromatic carbocycles. The van der Waals surface area contributed by atoms with Crippen LogP contribution in [0.3, 0.4) is 0 Å². The summed E-state index contributed by atoms with van der Waals surface area (Å²) in [6.07, 6.45) is 6.11. The number of fused-ring (bicyclic) bond motifs is 3. The van der Waals surface area contributed by atoms with Crippen LogP contribution >= 0.6 is 11.6 Å². The molecular formula is C23H25ClN6O3. The van der Waals surface area contributed by atoms with E-state index in [0.717, 1.165) is 38.0 Å². The van der Waals surface area contributed by atoms with E-state index in [2.05, 4.69) is 20.0 Å². The standard InChI is InChI=1S/C23H25ClN6O3/c24-16-6-3-7-17-19(16)29(9-8-28-10-12-32-13-11-28)23(31)20-18(25-14-30(17)20)21-26-22(33-27-21)15-4-1-2-5-15/h3,6-7,14-15H,1-2,4-5,8-13H2. The summed E-state index contributed by atoms with van der Waals surface area (Å²) in [5.41, 5.74) is 2.23. The van der Waals surface area contributed by atoms with Gasteiger partial charge in [0.25, 0.3) is 5.56 Å². The fourth-order valence-electron chi connectivity index (χ4n) is 5.04. The highest BCUT2D eigenvalue weighted by atomic mass is 35.5. The van der Waals surface area contributed by atoms with Crippen molar-refractivity contribution in [3.8, 4) is 11.5 Å². The summed E-state index contributed by atoms with van der Waals surface area (Å²) in [6, 6.07) is 5.64. The Labute approximate surface area is 194 Å². The second kappa shape index (κ2) is 8.55. The third-order valence-electron chi connectivity index (χ3n) is 6.81. The van der Waals surface area contributed by atoms with Gasteiger partial charge in [0.2, 0.25) is 11.7 Å². The Morgan fingerprint density at radius 2 is 1.91 bits per heavy atom. The molecule has 1 aliphatic heterocycles. The number of ether oxygens (including phenoxy) is 1. The van der Waals surface area contributed by atoms with Gasteiger partial charge < -0.3 is 13.8 Å². The number of hydrogen-bond acceptors (Lipinski definition) is 7. The van der Waals surface area contributed by atoms with Gasteiger partial charge in [0.15, 0.2) is 0 Å². The Morgan fingerprint density at radius 3 is 2.73 bits per heavy atom. The van der Waals surface area contributed by atoms with Crippen LogP contribution in [-0.2, 0) is 11.3 Å². The lowest BCUT2D eigenvalue weighted by Gasteiger charge is -2.27. The summed E-state index contributed by atoms with van der Waals surface area (Å²) in [5, 5.41) is 4.72.